The molecule has 2 N–H and O–H groups in total. The highest BCUT2D eigenvalue weighted by Gasteiger charge is 2.30. The lowest BCUT2D eigenvalue weighted by Gasteiger charge is -2.26. The van der Waals surface area contributed by atoms with Crippen LogP contribution in [0.1, 0.15) is 246 Å². The number of hydrogen-bond acceptors (Lipinski definition) is 8. The molecule has 1 rings (SSSR count). The number of nitrogens with one attached hydrogen (secondary N) is 2. The van der Waals surface area contributed by atoms with Crippen LogP contribution in [0, 0.1) is 11.8 Å². The monoisotopic (exact) mass is 872 g/mol. The summed E-state index contributed by atoms with van der Waals surface area (Å²) in [6.07, 6.45) is 39.4. The Labute approximate surface area is 383 Å². The predicted molar refractivity (Wildman–Crippen MR) is 263 cm³/mol. The number of nitrogens with zero attached hydrogens (tertiary/aromatic N) is 1. The highest BCUT2D eigenvalue weighted by Crippen LogP contribution is 2.25. The second-order valence-corrected chi connectivity index (χ2v) is 18.7. The van der Waals surface area contributed by atoms with E-state index < -0.39 is 0 Å². The first-order chi connectivity index (χ1) is 30.3. The van der Waals surface area contributed by atoms with Gasteiger partial charge < -0.3 is 25.0 Å². The number of rotatable bonds is 47. The smallest absolute Gasteiger partial charge is 0.308 e. The maximum absolute atomic E-state index is 13.1. The molecule has 0 aliphatic heterocycles. The molecule has 1 aliphatic rings. The van der Waals surface area contributed by atoms with E-state index in [9.17, 15) is 14.4 Å². The number of ketones is 1. The number of likely N-dealkylation sites (N-methyl/N-ethyl adjacent to an activating group) is 1. The SMILES string of the molecule is C=C1C(=O)C(NCCCCN(CCCCCCOC(=O)C(CCCCCC)CCCCCCCC)CCCCCCOC(=O)C(CCCCCC)CCCCCCCC)=C1NC. The maximum atomic E-state index is 13.1. The van der Waals surface area contributed by atoms with Gasteiger partial charge in [-0.25, -0.2) is 0 Å². The van der Waals surface area contributed by atoms with Gasteiger partial charge in [0.1, 0.15) is 5.70 Å². The second-order valence-electron chi connectivity index (χ2n) is 18.7. The van der Waals surface area contributed by atoms with Gasteiger partial charge in [0.25, 0.3) is 0 Å². The minimum absolute atomic E-state index is 0.0197. The Balaban J connectivity index is 2.50. The van der Waals surface area contributed by atoms with Crippen molar-refractivity contribution in [3.05, 3.63) is 23.5 Å². The van der Waals surface area contributed by atoms with E-state index >= 15 is 0 Å². The van der Waals surface area contributed by atoms with Crippen LogP contribution >= 0.6 is 0 Å². The summed E-state index contributed by atoms with van der Waals surface area (Å²) >= 11 is 0. The van der Waals surface area contributed by atoms with Gasteiger partial charge in [-0.2, -0.15) is 0 Å². The summed E-state index contributed by atoms with van der Waals surface area (Å²) in [5.74, 6) is 0.259. The standard InChI is InChI=1S/C54H101N3O5/c1-7-11-15-19-21-29-39-48(37-27-17-13-9-3)53(59)61-45-35-25-23-32-42-57(44-34-31-41-56-51-50(55-6)47(5)52(51)58)43-33-24-26-36-46-62-54(60)49(38-28-18-14-10-4)40-30-22-20-16-12-8-2/h48-49,55-56H,5,7-46H2,1-4,6H3. The highest BCUT2D eigenvalue weighted by atomic mass is 16.5. The lowest BCUT2D eigenvalue weighted by atomic mass is 9.93. The van der Waals surface area contributed by atoms with Crippen LogP contribution in [0.15, 0.2) is 23.5 Å². The number of esters is 2. The molecule has 0 bridgehead atoms. The Morgan fingerprint density at radius 1 is 0.484 bits per heavy atom. The van der Waals surface area contributed by atoms with Gasteiger partial charge in [-0.15, -0.1) is 0 Å². The van der Waals surface area contributed by atoms with Crippen LogP contribution < -0.4 is 10.6 Å². The second kappa shape index (κ2) is 41.4. The van der Waals surface area contributed by atoms with E-state index in [2.05, 4.69) is 49.8 Å². The van der Waals surface area contributed by atoms with E-state index in [1.54, 1.807) is 0 Å². The first-order valence-corrected chi connectivity index (χ1v) is 26.8. The summed E-state index contributed by atoms with van der Waals surface area (Å²) in [6, 6.07) is 0. The van der Waals surface area contributed by atoms with Gasteiger partial charge >= 0.3 is 11.9 Å². The third-order valence-corrected chi connectivity index (χ3v) is 13.0. The Morgan fingerprint density at radius 2 is 0.823 bits per heavy atom. The number of allylic oxidation sites excluding steroid dienone is 2. The van der Waals surface area contributed by atoms with E-state index in [-0.39, 0.29) is 29.6 Å². The fourth-order valence-corrected chi connectivity index (χ4v) is 8.82. The van der Waals surface area contributed by atoms with E-state index in [0.717, 1.165) is 147 Å². The molecule has 2 unspecified atom stereocenters. The average Bonchev–Trinajstić information content (AvgIpc) is 3.28. The van der Waals surface area contributed by atoms with Gasteiger partial charge in [0.15, 0.2) is 0 Å². The Hall–Kier alpha value is -2.35. The average molecular weight is 872 g/mol. The van der Waals surface area contributed by atoms with Crippen molar-refractivity contribution < 1.29 is 23.9 Å². The third-order valence-electron chi connectivity index (χ3n) is 13.0. The fraction of sp³-hybridized carbons (Fsp3) is 0.870. The normalized spacial score (nSPS) is 13.7. The van der Waals surface area contributed by atoms with Crippen molar-refractivity contribution in [3.8, 4) is 0 Å². The Morgan fingerprint density at radius 3 is 1.23 bits per heavy atom. The predicted octanol–water partition coefficient (Wildman–Crippen LogP) is 14.1. The van der Waals surface area contributed by atoms with Crippen LogP contribution in [0.25, 0.3) is 0 Å². The van der Waals surface area contributed by atoms with Gasteiger partial charge in [-0.1, -0.05) is 188 Å². The van der Waals surface area contributed by atoms with Crippen molar-refractivity contribution in [2.75, 3.05) is 46.4 Å². The zero-order valence-corrected chi connectivity index (χ0v) is 41.6. The fourth-order valence-electron chi connectivity index (χ4n) is 8.82. The number of carbonyl (C=O) groups excluding carboxylic acids is 3. The van der Waals surface area contributed by atoms with E-state index in [4.69, 9.17) is 9.47 Å². The minimum Gasteiger partial charge on any atom is -0.465 e. The lowest BCUT2D eigenvalue weighted by molar-refractivity contribution is -0.150. The first-order valence-electron chi connectivity index (χ1n) is 26.8. The molecule has 0 fully saturated rings. The lowest BCUT2D eigenvalue weighted by Crippen LogP contribution is -2.37. The summed E-state index contributed by atoms with van der Waals surface area (Å²) in [7, 11) is 1.83. The zero-order chi connectivity index (χ0) is 45.3. The molecule has 362 valence electrons. The van der Waals surface area contributed by atoms with Crippen molar-refractivity contribution in [2.24, 2.45) is 11.8 Å². The molecule has 0 aromatic heterocycles. The van der Waals surface area contributed by atoms with Crippen LogP contribution in [0.4, 0.5) is 0 Å². The van der Waals surface area contributed by atoms with Crippen LogP contribution in [0.2, 0.25) is 0 Å². The quantitative estimate of drug-likeness (QED) is 0.0355. The first kappa shape index (κ1) is 57.7. The largest absolute Gasteiger partial charge is 0.465 e. The van der Waals surface area contributed by atoms with Crippen molar-refractivity contribution in [3.63, 3.8) is 0 Å². The summed E-state index contributed by atoms with van der Waals surface area (Å²) in [5, 5.41) is 6.42. The molecule has 0 radical (unpaired) electrons. The molecular formula is C54H101N3O5. The van der Waals surface area contributed by atoms with Crippen LogP contribution in [-0.2, 0) is 23.9 Å². The van der Waals surface area contributed by atoms with Crippen molar-refractivity contribution >= 4 is 17.7 Å². The zero-order valence-electron chi connectivity index (χ0n) is 41.6. The number of Topliss-reactive ketones (excluding diaryl/α,β-unsaturated/α-hetero) is 1. The molecule has 2 atom stereocenters. The van der Waals surface area contributed by atoms with Gasteiger partial charge in [0.2, 0.25) is 5.78 Å². The summed E-state index contributed by atoms with van der Waals surface area (Å²) in [6.45, 7) is 17.9. The molecule has 0 heterocycles. The van der Waals surface area contributed by atoms with Crippen LogP contribution in [0.3, 0.4) is 0 Å². The van der Waals surface area contributed by atoms with Crippen molar-refractivity contribution in [1.29, 1.82) is 0 Å². The van der Waals surface area contributed by atoms with Gasteiger partial charge in [-0.05, 0) is 83.8 Å². The minimum atomic E-state index is 0.0197. The molecule has 1 aliphatic carbocycles. The molecule has 0 aromatic carbocycles. The Bertz CT molecular complexity index is 1100. The molecule has 0 saturated carbocycles. The van der Waals surface area contributed by atoms with Gasteiger partial charge in [0, 0.05) is 19.2 Å². The maximum Gasteiger partial charge on any atom is 0.308 e. The van der Waals surface area contributed by atoms with Crippen LogP contribution in [0.5, 0.6) is 0 Å². The van der Waals surface area contributed by atoms with Crippen molar-refractivity contribution in [2.45, 2.75) is 246 Å². The van der Waals surface area contributed by atoms with E-state index in [0.29, 0.717) is 24.5 Å². The Kier molecular flexibility index (Phi) is 38.5. The van der Waals surface area contributed by atoms with Crippen molar-refractivity contribution in [1.82, 2.24) is 15.5 Å². The topological polar surface area (TPSA) is 97.0 Å². The number of ether oxygens (including phenoxy) is 2. The molecule has 0 spiro atoms. The van der Waals surface area contributed by atoms with Gasteiger partial charge in [-0.3, -0.25) is 14.4 Å². The molecule has 0 amide bonds. The molecule has 0 aromatic rings. The van der Waals surface area contributed by atoms with Gasteiger partial charge in [0.05, 0.1) is 30.7 Å². The van der Waals surface area contributed by atoms with E-state index in [1.165, 1.54) is 103 Å². The van der Waals surface area contributed by atoms with E-state index in [1.807, 2.05) is 7.05 Å². The molecule has 8 nitrogen and oxygen atoms in total. The van der Waals surface area contributed by atoms with Crippen LogP contribution in [-0.4, -0.2) is 69.1 Å². The summed E-state index contributed by atoms with van der Waals surface area (Å²) < 4.78 is 11.7. The molecule has 62 heavy (non-hydrogen) atoms. The number of hydrogen-bond donors (Lipinski definition) is 2. The number of unbranched alkanes of at least 4 members (excludes halogenated alkanes) is 23. The number of carbonyl (C=O) groups is 3. The molecular weight excluding hydrogens is 771 g/mol. The summed E-state index contributed by atoms with van der Waals surface area (Å²) in [5.41, 5.74) is 2.08. The third kappa shape index (κ3) is 29.2. The summed E-state index contributed by atoms with van der Waals surface area (Å²) in [4.78, 5) is 41.0. The molecule has 8 heteroatoms. The highest BCUT2D eigenvalue weighted by molar-refractivity contribution is 6.18. The molecule has 0 saturated heterocycles.